The number of rotatable bonds is 6. The molecule has 3 rings (SSSR count). The minimum absolute atomic E-state index is 0.0340. The summed E-state index contributed by atoms with van der Waals surface area (Å²) in [6.45, 7) is 2.90. The Morgan fingerprint density at radius 2 is 2.23 bits per heavy atom. The Labute approximate surface area is 152 Å². The maximum absolute atomic E-state index is 12.7. The van der Waals surface area contributed by atoms with Crippen LogP contribution in [0.5, 0.6) is 5.75 Å². The van der Waals surface area contributed by atoms with Crippen LogP contribution in [0.15, 0.2) is 30.5 Å². The zero-order chi connectivity index (χ0) is 18.5. The van der Waals surface area contributed by atoms with Crippen molar-refractivity contribution in [3.63, 3.8) is 0 Å². The first-order valence-corrected chi connectivity index (χ1v) is 8.82. The van der Waals surface area contributed by atoms with Crippen molar-refractivity contribution in [2.75, 3.05) is 13.2 Å². The number of nitrogens with zero attached hydrogens (tertiary/aromatic N) is 2. The number of carboxylic acids is 1. The normalized spacial score (nSPS) is 17.1. The third-order valence-electron chi connectivity index (χ3n) is 4.63. The average Bonchev–Trinajstić information content (AvgIpc) is 3.11. The number of aromatic nitrogens is 2. The molecule has 138 valence electrons. The van der Waals surface area contributed by atoms with Crippen molar-refractivity contribution in [2.24, 2.45) is 0 Å². The first-order chi connectivity index (χ1) is 12.6. The van der Waals surface area contributed by atoms with Gasteiger partial charge in [-0.1, -0.05) is 12.1 Å². The molecule has 1 atom stereocenters. The van der Waals surface area contributed by atoms with E-state index >= 15 is 0 Å². The molecule has 0 saturated carbocycles. The number of piperidine rings is 1. The van der Waals surface area contributed by atoms with Gasteiger partial charge in [-0.3, -0.25) is 9.89 Å². The number of hydrogen-bond donors (Lipinski definition) is 2. The van der Waals surface area contributed by atoms with Gasteiger partial charge in [-0.2, -0.15) is 5.10 Å². The molecule has 1 fully saturated rings. The van der Waals surface area contributed by atoms with E-state index in [1.54, 1.807) is 4.90 Å². The van der Waals surface area contributed by atoms with Crippen molar-refractivity contribution >= 4 is 11.9 Å². The summed E-state index contributed by atoms with van der Waals surface area (Å²) >= 11 is 0. The van der Waals surface area contributed by atoms with E-state index in [0.717, 1.165) is 30.6 Å². The van der Waals surface area contributed by atoms with Crippen LogP contribution in [0.1, 0.15) is 53.3 Å². The number of benzene rings is 1. The van der Waals surface area contributed by atoms with Crippen LogP contribution in [0, 0.1) is 6.92 Å². The molecular weight excluding hydrogens is 334 g/mol. The van der Waals surface area contributed by atoms with Gasteiger partial charge in [-0.05, 0) is 43.9 Å². The predicted octanol–water partition coefficient (Wildman–Crippen LogP) is 2.94. The number of aromatic carboxylic acids is 1. The SMILES string of the molecule is Cc1cccc(OCCC(=O)N2CCCCC2c2[nH]ncc2C(=O)O)c1. The highest BCUT2D eigenvalue weighted by Crippen LogP contribution is 2.32. The van der Waals surface area contributed by atoms with Crippen molar-refractivity contribution in [1.29, 1.82) is 0 Å². The van der Waals surface area contributed by atoms with Gasteiger partial charge in [0.1, 0.15) is 11.3 Å². The van der Waals surface area contributed by atoms with Gasteiger partial charge in [-0.15, -0.1) is 0 Å². The number of hydrogen-bond acceptors (Lipinski definition) is 4. The molecule has 1 aliphatic heterocycles. The molecule has 1 aromatic heterocycles. The summed E-state index contributed by atoms with van der Waals surface area (Å²) < 4.78 is 5.67. The Bertz CT molecular complexity index is 787. The van der Waals surface area contributed by atoms with E-state index in [-0.39, 0.29) is 23.9 Å². The van der Waals surface area contributed by atoms with E-state index in [4.69, 9.17) is 4.74 Å². The topological polar surface area (TPSA) is 95.5 Å². The molecule has 26 heavy (non-hydrogen) atoms. The summed E-state index contributed by atoms with van der Waals surface area (Å²) in [7, 11) is 0. The Balaban J connectivity index is 1.64. The minimum atomic E-state index is -1.03. The summed E-state index contributed by atoms with van der Waals surface area (Å²) in [5.74, 6) is -0.322. The number of carbonyl (C=O) groups is 2. The van der Waals surface area contributed by atoms with Crippen LogP contribution in [0.4, 0.5) is 0 Å². The third kappa shape index (κ3) is 4.04. The molecule has 0 aliphatic carbocycles. The monoisotopic (exact) mass is 357 g/mol. The maximum Gasteiger partial charge on any atom is 0.339 e. The second-order valence-electron chi connectivity index (χ2n) is 6.52. The van der Waals surface area contributed by atoms with Crippen LogP contribution in [-0.4, -0.2) is 45.2 Å². The van der Waals surface area contributed by atoms with E-state index < -0.39 is 5.97 Å². The number of aromatic amines is 1. The van der Waals surface area contributed by atoms with E-state index in [0.29, 0.717) is 18.8 Å². The molecule has 0 spiro atoms. The Morgan fingerprint density at radius 1 is 1.38 bits per heavy atom. The van der Waals surface area contributed by atoms with Gasteiger partial charge < -0.3 is 14.7 Å². The van der Waals surface area contributed by atoms with Gasteiger partial charge in [0.05, 0.1) is 31.0 Å². The van der Waals surface area contributed by atoms with Crippen LogP contribution < -0.4 is 4.74 Å². The molecule has 2 N–H and O–H groups in total. The van der Waals surface area contributed by atoms with Crippen LogP contribution >= 0.6 is 0 Å². The number of nitrogens with one attached hydrogen (secondary N) is 1. The molecule has 2 heterocycles. The van der Waals surface area contributed by atoms with Crippen molar-refractivity contribution in [3.8, 4) is 5.75 Å². The Kier molecular flexibility index (Phi) is 5.55. The Morgan fingerprint density at radius 3 is 3.00 bits per heavy atom. The van der Waals surface area contributed by atoms with Gasteiger partial charge in [0.25, 0.3) is 0 Å². The first kappa shape index (κ1) is 18.0. The van der Waals surface area contributed by atoms with Crippen molar-refractivity contribution in [1.82, 2.24) is 15.1 Å². The van der Waals surface area contributed by atoms with E-state index in [1.807, 2.05) is 31.2 Å². The lowest BCUT2D eigenvalue weighted by molar-refractivity contribution is -0.135. The molecule has 1 aliphatic rings. The lowest BCUT2D eigenvalue weighted by Gasteiger charge is -2.35. The number of amides is 1. The smallest absolute Gasteiger partial charge is 0.339 e. The molecular formula is C19H23N3O4. The fourth-order valence-corrected chi connectivity index (χ4v) is 3.36. The predicted molar refractivity (Wildman–Crippen MR) is 95.1 cm³/mol. The van der Waals surface area contributed by atoms with Crippen LogP contribution in [0.25, 0.3) is 0 Å². The van der Waals surface area contributed by atoms with Gasteiger partial charge in [0.2, 0.25) is 5.91 Å². The summed E-state index contributed by atoms with van der Waals surface area (Å²) in [6, 6.07) is 7.42. The van der Waals surface area contributed by atoms with Gasteiger partial charge in [-0.25, -0.2) is 4.79 Å². The molecule has 7 nitrogen and oxygen atoms in total. The number of carboxylic acid groups (broad SMARTS) is 1. The molecule has 0 radical (unpaired) electrons. The molecule has 2 aromatic rings. The lowest BCUT2D eigenvalue weighted by Crippen LogP contribution is -2.39. The van der Waals surface area contributed by atoms with E-state index in [2.05, 4.69) is 10.2 Å². The molecule has 1 unspecified atom stereocenters. The second-order valence-corrected chi connectivity index (χ2v) is 6.52. The highest BCUT2D eigenvalue weighted by molar-refractivity contribution is 5.89. The summed E-state index contributed by atoms with van der Waals surface area (Å²) in [4.78, 5) is 25.8. The van der Waals surface area contributed by atoms with Crippen molar-refractivity contribution in [2.45, 2.75) is 38.6 Å². The second kappa shape index (κ2) is 8.03. The molecule has 7 heteroatoms. The number of likely N-dealkylation sites (tertiary alicyclic amines) is 1. The summed E-state index contributed by atoms with van der Waals surface area (Å²) in [5, 5.41) is 15.9. The van der Waals surface area contributed by atoms with Crippen LogP contribution in [-0.2, 0) is 4.79 Å². The first-order valence-electron chi connectivity index (χ1n) is 8.82. The standard InChI is InChI=1S/C19H23N3O4/c1-13-5-4-6-14(11-13)26-10-8-17(23)22-9-3-2-7-16(22)18-15(19(24)25)12-20-21-18/h4-6,11-12,16H,2-3,7-10H2,1H3,(H,20,21)(H,24,25). The highest BCUT2D eigenvalue weighted by atomic mass is 16.5. The molecule has 1 aromatic carbocycles. The quantitative estimate of drug-likeness (QED) is 0.829. The summed E-state index contributed by atoms with van der Waals surface area (Å²) in [5.41, 5.74) is 1.74. The van der Waals surface area contributed by atoms with Gasteiger partial charge in [0, 0.05) is 6.54 Å². The molecule has 1 amide bonds. The minimum Gasteiger partial charge on any atom is -0.493 e. The number of carbonyl (C=O) groups excluding carboxylic acids is 1. The van der Waals surface area contributed by atoms with Crippen LogP contribution in [0.3, 0.4) is 0 Å². The fourth-order valence-electron chi connectivity index (χ4n) is 3.36. The maximum atomic E-state index is 12.7. The van der Waals surface area contributed by atoms with Crippen LogP contribution in [0.2, 0.25) is 0 Å². The molecule has 0 bridgehead atoms. The third-order valence-corrected chi connectivity index (χ3v) is 4.63. The van der Waals surface area contributed by atoms with Crippen molar-refractivity contribution in [3.05, 3.63) is 47.3 Å². The number of aryl methyl sites for hydroxylation is 1. The van der Waals surface area contributed by atoms with Gasteiger partial charge in [0.15, 0.2) is 0 Å². The largest absolute Gasteiger partial charge is 0.493 e. The zero-order valence-electron chi connectivity index (χ0n) is 14.8. The number of H-pyrrole nitrogens is 1. The molecule has 1 saturated heterocycles. The fraction of sp³-hybridized carbons (Fsp3) is 0.421. The number of ether oxygens (including phenoxy) is 1. The van der Waals surface area contributed by atoms with E-state index in [1.165, 1.54) is 6.20 Å². The average molecular weight is 357 g/mol. The lowest BCUT2D eigenvalue weighted by atomic mass is 9.96. The summed E-state index contributed by atoms with van der Waals surface area (Å²) in [6.07, 6.45) is 4.15. The zero-order valence-corrected chi connectivity index (χ0v) is 14.8. The highest BCUT2D eigenvalue weighted by Gasteiger charge is 2.31. The van der Waals surface area contributed by atoms with Crippen molar-refractivity contribution < 1.29 is 19.4 Å². The van der Waals surface area contributed by atoms with Gasteiger partial charge >= 0.3 is 5.97 Å². The van der Waals surface area contributed by atoms with E-state index in [9.17, 15) is 14.7 Å². The Hall–Kier alpha value is -2.83.